The fraction of sp³-hybridized carbons (Fsp3) is 0.357. The van der Waals surface area contributed by atoms with Crippen LogP contribution in [0, 0.1) is 12.3 Å². The summed E-state index contributed by atoms with van der Waals surface area (Å²) in [6.45, 7) is 0.176. The number of carbonyl (C=O) groups is 1. The van der Waals surface area contributed by atoms with Crippen molar-refractivity contribution in [3.05, 3.63) is 35.2 Å². The lowest BCUT2D eigenvalue weighted by atomic mass is 10.1. The van der Waals surface area contributed by atoms with Crippen LogP contribution in [0.5, 0.6) is 0 Å². The number of hydrogen-bond acceptors (Lipinski definition) is 3. The van der Waals surface area contributed by atoms with E-state index in [1.807, 2.05) is 0 Å². The van der Waals surface area contributed by atoms with E-state index < -0.39 is 22.0 Å². The predicted molar refractivity (Wildman–Crippen MR) is 76.9 cm³/mol. The molecule has 21 heavy (non-hydrogen) atoms. The Morgan fingerprint density at radius 3 is 2.71 bits per heavy atom. The minimum atomic E-state index is -3.92. The maximum atomic E-state index is 12.6. The molecule has 7 heteroatoms. The van der Waals surface area contributed by atoms with Gasteiger partial charge in [-0.3, -0.25) is 4.79 Å². The number of sulfonamides is 1. The summed E-state index contributed by atoms with van der Waals surface area (Å²) in [4.78, 5) is 11.2. The lowest BCUT2D eigenvalue weighted by Gasteiger charge is -2.31. The molecule has 1 aromatic carbocycles. The van der Waals surface area contributed by atoms with Gasteiger partial charge < -0.3 is 5.11 Å². The van der Waals surface area contributed by atoms with Crippen molar-refractivity contribution >= 4 is 27.6 Å². The molecule has 0 saturated carbocycles. The van der Waals surface area contributed by atoms with E-state index in [1.165, 1.54) is 18.2 Å². The fourth-order valence-electron chi connectivity index (χ4n) is 2.33. The molecule has 1 unspecified atom stereocenters. The standard InChI is InChI=1S/C14H13ClNO4S/c1-2-10-6-7-11(9-12(10)15)21(19,20)16-8-4-3-5-13(16)14(17)18/h6-7,9,13H,3-5,8H2,(H,17,18). The maximum Gasteiger partial charge on any atom is 0.322 e. The predicted octanol–water partition coefficient (Wildman–Crippen LogP) is 1.91. The number of nitrogens with zero attached hydrogens (tertiary/aromatic N) is 1. The molecule has 1 radical (unpaired) electrons. The highest BCUT2D eigenvalue weighted by Crippen LogP contribution is 2.28. The molecule has 0 bridgehead atoms. The Hall–Kier alpha value is -1.55. The molecular weight excluding hydrogens is 314 g/mol. The second kappa shape index (κ2) is 6.06. The van der Waals surface area contributed by atoms with Crippen LogP contribution in [0.1, 0.15) is 24.8 Å². The minimum absolute atomic E-state index is 0.0698. The van der Waals surface area contributed by atoms with E-state index in [-0.39, 0.29) is 22.0 Å². The van der Waals surface area contributed by atoms with Gasteiger partial charge in [-0.2, -0.15) is 4.31 Å². The highest BCUT2D eigenvalue weighted by atomic mass is 35.5. The second-order valence-electron chi connectivity index (χ2n) is 4.73. The highest BCUT2D eigenvalue weighted by molar-refractivity contribution is 7.89. The first kappa shape index (κ1) is 15.8. The van der Waals surface area contributed by atoms with Crippen LogP contribution >= 0.6 is 11.6 Å². The number of carboxylic acids is 1. The minimum Gasteiger partial charge on any atom is -0.480 e. The van der Waals surface area contributed by atoms with Crippen molar-refractivity contribution in [1.82, 2.24) is 4.31 Å². The monoisotopic (exact) mass is 326 g/mol. The SMILES string of the molecule is [C]#Cc1ccc(S(=O)(=O)N2CCCCC2C(=O)O)cc1Cl. The normalized spacial score (nSPS) is 19.9. The Bertz CT molecular complexity index is 708. The Balaban J connectivity index is 2.43. The molecule has 1 fully saturated rings. The number of aliphatic carboxylic acids is 1. The second-order valence-corrected chi connectivity index (χ2v) is 7.03. The topological polar surface area (TPSA) is 74.7 Å². The van der Waals surface area contributed by atoms with Crippen molar-refractivity contribution < 1.29 is 18.3 Å². The van der Waals surface area contributed by atoms with Crippen LogP contribution in [0.15, 0.2) is 23.1 Å². The average Bonchev–Trinajstić information content (AvgIpc) is 2.47. The van der Waals surface area contributed by atoms with Crippen molar-refractivity contribution in [3.63, 3.8) is 0 Å². The van der Waals surface area contributed by atoms with E-state index in [1.54, 1.807) is 0 Å². The van der Waals surface area contributed by atoms with Gasteiger partial charge in [-0.1, -0.05) is 17.5 Å². The maximum absolute atomic E-state index is 12.6. The zero-order chi connectivity index (χ0) is 15.6. The molecule has 1 heterocycles. The third kappa shape index (κ3) is 3.05. The molecule has 0 aliphatic carbocycles. The fourth-order valence-corrected chi connectivity index (χ4v) is 4.30. The van der Waals surface area contributed by atoms with E-state index in [2.05, 4.69) is 5.92 Å². The van der Waals surface area contributed by atoms with Gasteiger partial charge in [0.15, 0.2) is 0 Å². The van der Waals surface area contributed by atoms with Crippen LogP contribution in [0.4, 0.5) is 0 Å². The molecule has 5 nitrogen and oxygen atoms in total. The molecule has 1 N–H and O–H groups in total. The summed E-state index contributed by atoms with van der Waals surface area (Å²) >= 11 is 5.89. The highest BCUT2D eigenvalue weighted by Gasteiger charge is 2.37. The summed E-state index contributed by atoms with van der Waals surface area (Å²) in [6.07, 6.45) is 8.64. The molecule has 1 aliphatic heterocycles. The van der Waals surface area contributed by atoms with Crippen LogP contribution < -0.4 is 0 Å². The first-order chi connectivity index (χ1) is 9.87. The summed E-state index contributed by atoms with van der Waals surface area (Å²) in [5.74, 6) is 0.951. The number of carboxylic acid groups (broad SMARTS) is 1. The van der Waals surface area contributed by atoms with Crippen LogP contribution in [-0.2, 0) is 14.8 Å². The van der Waals surface area contributed by atoms with Crippen LogP contribution in [0.2, 0.25) is 5.02 Å². The average molecular weight is 327 g/mol. The molecule has 0 amide bonds. The number of halogens is 1. The summed E-state index contributed by atoms with van der Waals surface area (Å²) in [5.41, 5.74) is 0.282. The van der Waals surface area contributed by atoms with Gasteiger partial charge in [0.05, 0.1) is 9.92 Å². The zero-order valence-electron chi connectivity index (χ0n) is 11.0. The quantitative estimate of drug-likeness (QED) is 0.861. The summed E-state index contributed by atoms with van der Waals surface area (Å²) < 4.78 is 26.2. The molecule has 1 atom stereocenters. The largest absolute Gasteiger partial charge is 0.480 e. The van der Waals surface area contributed by atoms with Gasteiger partial charge in [0.2, 0.25) is 10.0 Å². The van der Waals surface area contributed by atoms with Gasteiger partial charge in [-0.15, -0.1) is 0 Å². The van der Waals surface area contributed by atoms with Gasteiger partial charge >= 0.3 is 5.97 Å². The van der Waals surface area contributed by atoms with E-state index in [9.17, 15) is 18.3 Å². The molecule has 1 aromatic rings. The molecule has 1 aliphatic rings. The number of hydrogen-bond donors (Lipinski definition) is 1. The van der Waals surface area contributed by atoms with Gasteiger partial charge in [0.1, 0.15) is 6.04 Å². The van der Waals surface area contributed by atoms with Gasteiger partial charge in [-0.25, -0.2) is 8.42 Å². The van der Waals surface area contributed by atoms with E-state index >= 15 is 0 Å². The lowest BCUT2D eigenvalue weighted by molar-refractivity contribution is -0.142. The molecule has 111 valence electrons. The van der Waals surface area contributed by atoms with Gasteiger partial charge in [0.25, 0.3) is 0 Å². The van der Waals surface area contributed by atoms with Crippen molar-refractivity contribution in [2.24, 2.45) is 0 Å². The molecule has 0 spiro atoms. The summed E-state index contributed by atoms with van der Waals surface area (Å²) in [7, 11) is -3.92. The molecule has 0 aromatic heterocycles. The zero-order valence-corrected chi connectivity index (χ0v) is 12.6. The number of benzene rings is 1. The molecule has 2 rings (SSSR count). The Kier molecular flexibility index (Phi) is 4.57. The lowest BCUT2D eigenvalue weighted by Crippen LogP contribution is -2.47. The van der Waals surface area contributed by atoms with Crippen molar-refractivity contribution in [2.75, 3.05) is 6.54 Å². The van der Waals surface area contributed by atoms with E-state index in [0.717, 1.165) is 4.31 Å². The third-order valence-electron chi connectivity index (χ3n) is 3.42. The smallest absolute Gasteiger partial charge is 0.322 e. The van der Waals surface area contributed by atoms with Crippen molar-refractivity contribution in [2.45, 2.75) is 30.2 Å². The van der Waals surface area contributed by atoms with Crippen LogP contribution in [-0.4, -0.2) is 36.4 Å². The molecular formula is C14H13ClNO4S. The Labute approximate surface area is 128 Å². The van der Waals surface area contributed by atoms with Crippen LogP contribution in [0.25, 0.3) is 0 Å². The number of rotatable bonds is 3. The first-order valence-electron chi connectivity index (χ1n) is 6.35. The van der Waals surface area contributed by atoms with Crippen molar-refractivity contribution in [1.29, 1.82) is 0 Å². The summed E-state index contributed by atoms with van der Waals surface area (Å²) in [5, 5.41) is 9.28. The van der Waals surface area contributed by atoms with E-state index in [0.29, 0.717) is 19.3 Å². The van der Waals surface area contributed by atoms with E-state index in [4.69, 9.17) is 18.0 Å². The molecule has 1 saturated heterocycles. The van der Waals surface area contributed by atoms with Crippen molar-refractivity contribution in [3.8, 4) is 5.92 Å². The van der Waals surface area contributed by atoms with Gasteiger partial charge in [0, 0.05) is 12.1 Å². The Morgan fingerprint density at radius 2 is 2.14 bits per heavy atom. The van der Waals surface area contributed by atoms with Gasteiger partial charge in [-0.05, 0) is 43.9 Å². The number of piperidine rings is 1. The van der Waals surface area contributed by atoms with Crippen LogP contribution in [0.3, 0.4) is 0 Å². The Morgan fingerprint density at radius 1 is 1.43 bits per heavy atom. The summed E-state index contributed by atoms with van der Waals surface area (Å²) in [6, 6.07) is 2.87. The first-order valence-corrected chi connectivity index (χ1v) is 8.16. The third-order valence-corrected chi connectivity index (χ3v) is 5.64.